The fourth-order valence-corrected chi connectivity index (χ4v) is 2.60. The second-order valence-corrected chi connectivity index (χ2v) is 4.99. The van der Waals surface area contributed by atoms with E-state index in [1.54, 1.807) is 0 Å². The number of halogens is 1. The van der Waals surface area contributed by atoms with Crippen LogP contribution < -0.4 is 10.6 Å². The van der Waals surface area contributed by atoms with Crippen molar-refractivity contribution in [3.63, 3.8) is 0 Å². The Labute approximate surface area is 117 Å². The minimum Gasteiger partial charge on any atom is -0.478 e. The van der Waals surface area contributed by atoms with E-state index in [0.29, 0.717) is 5.69 Å². The van der Waals surface area contributed by atoms with E-state index >= 15 is 0 Å². The molecule has 110 valence electrons. The lowest BCUT2D eigenvalue weighted by Gasteiger charge is -2.36. The van der Waals surface area contributed by atoms with Gasteiger partial charge >= 0.3 is 5.97 Å². The molecule has 1 aromatic rings. The quantitative estimate of drug-likeness (QED) is 0.821. The highest BCUT2D eigenvalue weighted by Crippen LogP contribution is 2.29. The maximum Gasteiger partial charge on any atom is 0.340 e. The average molecular weight is 281 g/mol. The number of anilines is 2. The normalized spacial score (nSPS) is 16.4. The lowest BCUT2D eigenvalue weighted by atomic mass is 10.1. The van der Waals surface area contributed by atoms with Gasteiger partial charge < -0.3 is 15.7 Å². The zero-order valence-corrected chi connectivity index (χ0v) is 11.6. The summed E-state index contributed by atoms with van der Waals surface area (Å²) in [6, 6.07) is 2.74. The van der Waals surface area contributed by atoms with Crippen LogP contribution in [0, 0.1) is 5.82 Å². The maximum absolute atomic E-state index is 13.4. The van der Waals surface area contributed by atoms with Crippen molar-refractivity contribution >= 4 is 17.3 Å². The van der Waals surface area contributed by atoms with Gasteiger partial charge in [0.2, 0.25) is 0 Å². The largest absolute Gasteiger partial charge is 0.478 e. The van der Waals surface area contributed by atoms with E-state index in [1.807, 2.05) is 4.90 Å². The molecule has 2 rings (SSSR count). The van der Waals surface area contributed by atoms with Crippen LogP contribution in [0.15, 0.2) is 12.1 Å². The number of aromatic carboxylic acids is 1. The highest BCUT2D eigenvalue weighted by molar-refractivity contribution is 6.00. The fraction of sp³-hybridized carbons (Fsp3) is 0.500. The van der Waals surface area contributed by atoms with Crippen LogP contribution in [0.5, 0.6) is 0 Å². The molecular weight excluding hydrogens is 261 g/mol. The summed E-state index contributed by atoms with van der Waals surface area (Å²) in [5.74, 6) is -1.87. The van der Waals surface area contributed by atoms with Crippen LogP contribution in [0.1, 0.15) is 23.7 Å². The first kappa shape index (κ1) is 14.6. The SMILES string of the molecule is CCCN1CCN(c2ccc(F)c(N)c2C(=O)O)CC1. The minimum atomic E-state index is -1.19. The molecule has 1 saturated heterocycles. The van der Waals surface area contributed by atoms with E-state index in [-0.39, 0.29) is 11.3 Å². The molecular formula is C14H20FN3O2. The Morgan fingerprint density at radius 2 is 2.00 bits per heavy atom. The molecule has 20 heavy (non-hydrogen) atoms. The summed E-state index contributed by atoms with van der Waals surface area (Å²) in [6.45, 7) is 6.39. The van der Waals surface area contributed by atoms with Gasteiger partial charge in [0.15, 0.2) is 0 Å². The van der Waals surface area contributed by atoms with Crippen molar-refractivity contribution in [1.82, 2.24) is 4.90 Å². The topological polar surface area (TPSA) is 69.8 Å². The van der Waals surface area contributed by atoms with Crippen molar-refractivity contribution in [3.8, 4) is 0 Å². The van der Waals surface area contributed by atoms with Crippen LogP contribution in [0.25, 0.3) is 0 Å². The Morgan fingerprint density at radius 3 is 2.55 bits per heavy atom. The zero-order valence-electron chi connectivity index (χ0n) is 11.6. The van der Waals surface area contributed by atoms with E-state index in [1.165, 1.54) is 12.1 Å². The molecule has 0 aromatic heterocycles. The van der Waals surface area contributed by atoms with Gasteiger partial charge in [-0.05, 0) is 25.1 Å². The van der Waals surface area contributed by atoms with Crippen LogP contribution in [-0.2, 0) is 0 Å². The third-order valence-corrected chi connectivity index (χ3v) is 3.64. The molecule has 1 heterocycles. The van der Waals surface area contributed by atoms with Crippen molar-refractivity contribution < 1.29 is 14.3 Å². The Bertz CT molecular complexity index is 499. The predicted octanol–water partition coefficient (Wildman–Crippen LogP) is 1.64. The lowest BCUT2D eigenvalue weighted by molar-refractivity contribution is 0.0698. The lowest BCUT2D eigenvalue weighted by Crippen LogP contribution is -2.47. The van der Waals surface area contributed by atoms with Gasteiger partial charge in [0.05, 0.1) is 11.4 Å². The molecule has 0 saturated carbocycles. The minimum absolute atomic E-state index is 0.131. The number of carboxylic acid groups (broad SMARTS) is 1. The number of rotatable bonds is 4. The predicted molar refractivity (Wildman–Crippen MR) is 76.7 cm³/mol. The van der Waals surface area contributed by atoms with Crippen molar-refractivity contribution in [1.29, 1.82) is 0 Å². The van der Waals surface area contributed by atoms with Crippen LogP contribution in [0.4, 0.5) is 15.8 Å². The Kier molecular flexibility index (Phi) is 4.44. The van der Waals surface area contributed by atoms with Gasteiger partial charge in [0.25, 0.3) is 0 Å². The number of benzene rings is 1. The van der Waals surface area contributed by atoms with Gasteiger partial charge in [-0.3, -0.25) is 4.90 Å². The smallest absolute Gasteiger partial charge is 0.340 e. The third kappa shape index (κ3) is 2.85. The Morgan fingerprint density at radius 1 is 1.35 bits per heavy atom. The molecule has 0 aliphatic carbocycles. The van der Waals surface area contributed by atoms with E-state index in [9.17, 15) is 14.3 Å². The summed E-state index contributed by atoms with van der Waals surface area (Å²) in [6.07, 6.45) is 1.10. The molecule has 0 amide bonds. The number of carboxylic acids is 1. The maximum atomic E-state index is 13.4. The van der Waals surface area contributed by atoms with Crippen molar-refractivity contribution in [3.05, 3.63) is 23.5 Å². The molecule has 0 bridgehead atoms. The Hall–Kier alpha value is -1.82. The van der Waals surface area contributed by atoms with E-state index < -0.39 is 11.8 Å². The van der Waals surface area contributed by atoms with Gasteiger partial charge in [0, 0.05) is 26.2 Å². The second kappa shape index (κ2) is 6.09. The van der Waals surface area contributed by atoms with Gasteiger partial charge in [-0.15, -0.1) is 0 Å². The monoisotopic (exact) mass is 281 g/mol. The van der Waals surface area contributed by atoms with Crippen molar-refractivity contribution in [2.24, 2.45) is 0 Å². The zero-order chi connectivity index (χ0) is 14.7. The summed E-state index contributed by atoms with van der Waals surface area (Å²) < 4.78 is 13.4. The van der Waals surface area contributed by atoms with Crippen molar-refractivity contribution in [2.45, 2.75) is 13.3 Å². The number of piperazine rings is 1. The first-order valence-electron chi connectivity index (χ1n) is 6.83. The molecule has 3 N–H and O–H groups in total. The molecule has 1 aliphatic heterocycles. The first-order valence-corrected chi connectivity index (χ1v) is 6.83. The molecule has 6 heteroatoms. The van der Waals surface area contributed by atoms with E-state index in [2.05, 4.69) is 11.8 Å². The number of hydrogen-bond donors (Lipinski definition) is 2. The molecule has 0 radical (unpaired) electrons. The molecule has 1 aliphatic rings. The molecule has 1 fully saturated rings. The van der Waals surface area contributed by atoms with Crippen LogP contribution in [0.3, 0.4) is 0 Å². The molecule has 1 aromatic carbocycles. The number of nitrogens with two attached hydrogens (primary N) is 1. The third-order valence-electron chi connectivity index (χ3n) is 3.64. The van der Waals surface area contributed by atoms with E-state index in [4.69, 9.17) is 5.73 Å². The van der Waals surface area contributed by atoms with Crippen LogP contribution >= 0.6 is 0 Å². The van der Waals surface area contributed by atoms with E-state index in [0.717, 1.165) is 39.1 Å². The number of hydrogen-bond acceptors (Lipinski definition) is 4. The highest BCUT2D eigenvalue weighted by Gasteiger charge is 2.24. The summed E-state index contributed by atoms with van der Waals surface area (Å²) in [5.41, 5.74) is 5.66. The van der Waals surface area contributed by atoms with Crippen LogP contribution in [-0.4, -0.2) is 48.7 Å². The molecule has 0 spiro atoms. The number of carbonyl (C=O) groups is 1. The molecule has 5 nitrogen and oxygen atoms in total. The van der Waals surface area contributed by atoms with Crippen LogP contribution in [0.2, 0.25) is 0 Å². The van der Waals surface area contributed by atoms with Gasteiger partial charge in [-0.25, -0.2) is 9.18 Å². The summed E-state index contributed by atoms with van der Waals surface area (Å²) in [7, 11) is 0. The van der Waals surface area contributed by atoms with Gasteiger partial charge in [-0.1, -0.05) is 6.92 Å². The second-order valence-electron chi connectivity index (χ2n) is 4.99. The molecule has 0 unspecified atom stereocenters. The summed E-state index contributed by atoms with van der Waals surface area (Å²) in [5, 5.41) is 9.25. The fourth-order valence-electron chi connectivity index (χ4n) is 2.60. The average Bonchev–Trinajstić information content (AvgIpc) is 2.42. The highest BCUT2D eigenvalue weighted by atomic mass is 19.1. The summed E-state index contributed by atoms with van der Waals surface area (Å²) in [4.78, 5) is 15.6. The van der Waals surface area contributed by atoms with Crippen molar-refractivity contribution in [2.75, 3.05) is 43.4 Å². The number of nitrogens with zero attached hydrogens (tertiary/aromatic N) is 2. The Balaban J connectivity index is 2.22. The van der Waals surface area contributed by atoms with Gasteiger partial charge in [0.1, 0.15) is 11.4 Å². The van der Waals surface area contributed by atoms with Gasteiger partial charge in [-0.2, -0.15) is 0 Å². The first-order chi connectivity index (χ1) is 9.54. The molecule has 0 atom stereocenters. The number of nitrogen functional groups attached to an aromatic ring is 1. The standard InChI is InChI=1S/C14H20FN3O2/c1-2-5-17-6-8-18(9-7-17)11-4-3-10(15)13(16)12(11)14(19)20/h3-4H,2,5-9,16H2,1H3,(H,19,20). The summed E-state index contributed by atoms with van der Waals surface area (Å²) >= 11 is 0.